The van der Waals surface area contributed by atoms with Crippen molar-refractivity contribution in [3.8, 4) is 5.69 Å². The number of benzene rings is 2. The molecule has 0 radical (unpaired) electrons. The quantitative estimate of drug-likeness (QED) is 0.486. The smallest absolute Gasteiger partial charge is 0.238 e. The maximum absolute atomic E-state index is 12.9. The third kappa shape index (κ3) is 6.29. The van der Waals surface area contributed by atoms with Crippen LogP contribution in [0.3, 0.4) is 0 Å². The Balaban J connectivity index is 1.26. The van der Waals surface area contributed by atoms with Gasteiger partial charge in [0.2, 0.25) is 11.8 Å². The van der Waals surface area contributed by atoms with Crippen LogP contribution in [0.5, 0.6) is 0 Å². The highest BCUT2D eigenvalue weighted by molar-refractivity contribution is 7.99. The van der Waals surface area contributed by atoms with E-state index < -0.39 is 0 Å². The first-order chi connectivity index (χ1) is 16.9. The SMILES string of the molecule is CCc1ccccc1NC(=O)CN1CCN(C(=O)CSc2nnc(C)n2-c2cccc(C)c2)CC1. The molecular weight excluding hydrogens is 460 g/mol. The summed E-state index contributed by atoms with van der Waals surface area (Å²) in [6, 6.07) is 16.0. The van der Waals surface area contributed by atoms with E-state index in [0.29, 0.717) is 43.6 Å². The van der Waals surface area contributed by atoms with Gasteiger partial charge in [-0.1, -0.05) is 49.0 Å². The fourth-order valence-corrected chi connectivity index (χ4v) is 5.12. The zero-order chi connectivity index (χ0) is 24.8. The second-order valence-electron chi connectivity index (χ2n) is 8.71. The molecule has 4 rings (SSSR count). The number of nitrogens with zero attached hydrogens (tertiary/aromatic N) is 5. The molecule has 1 fully saturated rings. The van der Waals surface area contributed by atoms with Crippen LogP contribution < -0.4 is 5.32 Å². The van der Waals surface area contributed by atoms with Crippen molar-refractivity contribution >= 4 is 29.3 Å². The molecule has 1 saturated heterocycles. The number of piperazine rings is 1. The largest absolute Gasteiger partial charge is 0.339 e. The van der Waals surface area contributed by atoms with Crippen molar-refractivity contribution in [3.63, 3.8) is 0 Å². The maximum atomic E-state index is 12.9. The molecule has 2 heterocycles. The summed E-state index contributed by atoms with van der Waals surface area (Å²) in [6.07, 6.45) is 0.871. The van der Waals surface area contributed by atoms with Gasteiger partial charge in [-0.15, -0.1) is 10.2 Å². The summed E-state index contributed by atoms with van der Waals surface area (Å²) in [7, 11) is 0. The van der Waals surface area contributed by atoms with Crippen molar-refractivity contribution in [3.05, 3.63) is 65.5 Å². The van der Waals surface area contributed by atoms with Crippen molar-refractivity contribution in [2.75, 3.05) is 43.8 Å². The number of aromatic nitrogens is 3. The molecule has 35 heavy (non-hydrogen) atoms. The average molecular weight is 493 g/mol. The molecule has 0 aliphatic carbocycles. The van der Waals surface area contributed by atoms with Gasteiger partial charge < -0.3 is 10.2 Å². The molecule has 1 aliphatic heterocycles. The van der Waals surface area contributed by atoms with Crippen LogP contribution in [0.1, 0.15) is 23.9 Å². The van der Waals surface area contributed by atoms with Gasteiger partial charge >= 0.3 is 0 Å². The Labute approximate surface area is 210 Å². The Bertz CT molecular complexity index is 1190. The minimum Gasteiger partial charge on any atom is -0.339 e. The molecule has 8 nitrogen and oxygen atoms in total. The summed E-state index contributed by atoms with van der Waals surface area (Å²) in [4.78, 5) is 29.4. The van der Waals surface area contributed by atoms with E-state index in [1.165, 1.54) is 11.8 Å². The molecule has 2 aromatic carbocycles. The lowest BCUT2D eigenvalue weighted by atomic mass is 10.1. The monoisotopic (exact) mass is 492 g/mol. The molecule has 3 aromatic rings. The van der Waals surface area contributed by atoms with Gasteiger partial charge in [-0.25, -0.2) is 0 Å². The van der Waals surface area contributed by atoms with Gasteiger partial charge in [0.1, 0.15) is 5.82 Å². The van der Waals surface area contributed by atoms with Crippen LogP contribution in [0.15, 0.2) is 53.7 Å². The first-order valence-electron chi connectivity index (χ1n) is 11.9. The third-order valence-electron chi connectivity index (χ3n) is 6.14. The topological polar surface area (TPSA) is 83.4 Å². The van der Waals surface area contributed by atoms with Gasteiger partial charge in [-0.2, -0.15) is 0 Å². The first-order valence-corrected chi connectivity index (χ1v) is 12.9. The number of nitrogens with one attached hydrogen (secondary N) is 1. The highest BCUT2D eigenvalue weighted by Gasteiger charge is 2.23. The standard InChI is InChI=1S/C26H32N6O2S/c1-4-21-9-5-6-11-23(21)27-24(33)17-30-12-14-31(15-13-30)25(34)18-35-26-29-28-20(3)32(26)22-10-7-8-19(2)16-22/h5-11,16H,4,12-15,17-18H2,1-3H3,(H,27,33). The van der Waals surface area contributed by atoms with E-state index in [4.69, 9.17) is 0 Å². The second kappa shape index (κ2) is 11.5. The Morgan fingerprint density at radius 1 is 1.00 bits per heavy atom. The van der Waals surface area contributed by atoms with Crippen LogP contribution >= 0.6 is 11.8 Å². The molecule has 0 saturated carbocycles. The summed E-state index contributed by atoms with van der Waals surface area (Å²) >= 11 is 1.41. The molecule has 1 N–H and O–H groups in total. The van der Waals surface area contributed by atoms with Gasteiger partial charge in [0, 0.05) is 37.6 Å². The predicted octanol–water partition coefficient (Wildman–Crippen LogP) is 3.32. The van der Waals surface area contributed by atoms with Crippen molar-refractivity contribution < 1.29 is 9.59 Å². The van der Waals surface area contributed by atoms with E-state index in [2.05, 4.69) is 33.4 Å². The molecule has 0 atom stereocenters. The summed E-state index contributed by atoms with van der Waals surface area (Å²) in [6.45, 7) is 8.95. The normalized spacial score (nSPS) is 14.2. The van der Waals surface area contributed by atoms with E-state index in [1.54, 1.807) is 0 Å². The Morgan fingerprint density at radius 3 is 2.51 bits per heavy atom. The highest BCUT2D eigenvalue weighted by Crippen LogP contribution is 2.23. The fraction of sp³-hybridized carbons (Fsp3) is 0.385. The van der Waals surface area contributed by atoms with Crippen molar-refractivity contribution in [2.45, 2.75) is 32.3 Å². The molecular formula is C26H32N6O2S. The first kappa shape index (κ1) is 24.9. The minimum atomic E-state index is -0.0212. The number of hydrogen-bond acceptors (Lipinski definition) is 6. The summed E-state index contributed by atoms with van der Waals surface area (Å²) in [5.41, 5.74) is 4.15. The molecule has 1 aromatic heterocycles. The molecule has 9 heteroatoms. The van der Waals surface area contributed by atoms with Crippen LogP contribution in [0.2, 0.25) is 0 Å². The molecule has 184 valence electrons. The van der Waals surface area contributed by atoms with Crippen molar-refractivity contribution in [2.24, 2.45) is 0 Å². The number of aryl methyl sites for hydroxylation is 3. The van der Waals surface area contributed by atoms with Gasteiger partial charge in [-0.3, -0.25) is 19.1 Å². The average Bonchev–Trinajstić information content (AvgIpc) is 3.23. The molecule has 2 amide bonds. The predicted molar refractivity (Wildman–Crippen MR) is 139 cm³/mol. The molecule has 0 spiro atoms. The lowest BCUT2D eigenvalue weighted by Crippen LogP contribution is -2.50. The van der Waals surface area contributed by atoms with Gasteiger partial charge in [-0.05, 0) is 49.6 Å². The lowest BCUT2D eigenvalue weighted by Gasteiger charge is -2.34. The number of anilines is 1. The van der Waals surface area contributed by atoms with E-state index in [9.17, 15) is 9.59 Å². The third-order valence-corrected chi connectivity index (χ3v) is 7.06. The van der Waals surface area contributed by atoms with Gasteiger partial charge in [0.15, 0.2) is 5.16 Å². The zero-order valence-corrected chi connectivity index (χ0v) is 21.3. The minimum absolute atomic E-state index is 0.0212. The van der Waals surface area contributed by atoms with E-state index in [-0.39, 0.29) is 11.8 Å². The maximum Gasteiger partial charge on any atom is 0.238 e. The van der Waals surface area contributed by atoms with Crippen LogP contribution in [-0.4, -0.2) is 74.9 Å². The number of rotatable bonds is 8. The van der Waals surface area contributed by atoms with E-state index >= 15 is 0 Å². The Hall–Kier alpha value is -3.17. The Morgan fingerprint density at radius 2 is 1.77 bits per heavy atom. The highest BCUT2D eigenvalue weighted by atomic mass is 32.2. The number of thioether (sulfide) groups is 1. The summed E-state index contributed by atoms with van der Waals surface area (Å²) < 4.78 is 1.98. The van der Waals surface area contributed by atoms with Crippen LogP contribution in [-0.2, 0) is 16.0 Å². The summed E-state index contributed by atoms with van der Waals surface area (Å²) in [5, 5.41) is 12.2. The Kier molecular flexibility index (Phi) is 8.20. The van der Waals surface area contributed by atoms with Crippen LogP contribution in [0, 0.1) is 13.8 Å². The second-order valence-corrected chi connectivity index (χ2v) is 9.65. The zero-order valence-electron chi connectivity index (χ0n) is 20.5. The fourth-order valence-electron chi connectivity index (χ4n) is 4.22. The van der Waals surface area contributed by atoms with Gasteiger partial charge in [0.05, 0.1) is 12.3 Å². The van der Waals surface area contributed by atoms with E-state index in [1.807, 2.05) is 65.8 Å². The number of carbonyl (C=O) groups is 2. The van der Waals surface area contributed by atoms with Crippen molar-refractivity contribution in [1.82, 2.24) is 24.6 Å². The summed E-state index contributed by atoms with van der Waals surface area (Å²) in [5.74, 6) is 1.15. The molecule has 1 aliphatic rings. The number of para-hydroxylation sites is 1. The number of carbonyl (C=O) groups excluding carboxylic acids is 2. The van der Waals surface area contributed by atoms with E-state index in [0.717, 1.165) is 34.7 Å². The lowest BCUT2D eigenvalue weighted by molar-refractivity contribution is -0.130. The van der Waals surface area contributed by atoms with Gasteiger partial charge in [0.25, 0.3) is 0 Å². The molecule has 0 bridgehead atoms. The van der Waals surface area contributed by atoms with Crippen molar-refractivity contribution in [1.29, 1.82) is 0 Å². The molecule has 0 unspecified atom stereocenters. The van der Waals surface area contributed by atoms with Crippen LogP contribution in [0.4, 0.5) is 5.69 Å². The van der Waals surface area contributed by atoms with Crippen LogP contribution in [0.25, 0.3) is 5.69 Å². The number of amides is 2. The number of hydrogen-bond donors (Lipinski definition) is 1.